The lowest BCUT2D eigenvalue weighted by molar-refractivity contribution is -0.142. The number of methoxy groups -OCH3 is 1. The summed E-state index contributed by atoms with van der Waals surface area (Å²) in [6.45, 7) is 2.27. The number of benzene rings is 1. The summed E-state index contributed by atoms with van der Waals surface area (Å²) in [5.41, 5.74) is 2.16. The Morgan fingerprint density at radius 3 is 2.72 bits per heavy atom. The molecule has 1 N–H and O–H groups in total. The van der Waals surface area contributed by atoms with Gasteiger partial charge in [-0.3, -0.25) is 4.90 Å². The van der Waals surface area contributed by atoms with Crippen LogP contribution >= 0.6 is 0 Å². The van der Waals surface area contributed by atoms with Crippen LogP contribution in [0.5, 0.6) is 5.88 Å². The molecule has 4 aromatic rings. The Labute approximate surface area is 205 Å². The molecule has 5 heterocycles. The van der Waals surface area contributed by atoms with Gasteiger partial charge in [0.15, 0.2) is 0 Å². The van der Waals surface area contributed by atoms with Gasteiger partial charge in [-0.05, 0) is 36.6 Å². The summed E-state index contributed by atoms with van der Waals surface area (Å²) in [7, 11) is 1.48. The minimum Gasteiger partial charge on any atom is -0.479 e. The van der Waals surface area contributed by atoms with E-state index in [-0.39, 0.29) is 23.6 Å². The van der Waals surface area contributed by atoms with E-state index in [9.17, 15) is 13.2 Å². The summed E-state index contributed by atoms with van der Waals surface area (Å²) in [6.07, 6.45) is -2.47. The largest absolute Gasteiger partial charge is 0.479 e. The maximum atomic E-state index is 13.0. The second-order valence-corrected chi connectivity index (χ2v) is 9.10. The zero-order valence-corrected chi connectivity index (χ0v) is 19.5. The first kappa shape index (κ1) is 21.8. The van der Waals surface area contributed by atoms with Crippen molar-refractivity contribution in [2.75, 3.05) is 38.7 Å². The molecular formula is C23H25F3N8O2. The number of nitrogens with one attached hydrogen (secondary N) is 1. The number of rotatable bonds is 6. The van der Waals surface area contributed by atoms with Crippen molar-refractivity contribution in [3.63, 3.8) is 0 Å². The summed E-state index contributed by atoms with van der Waals surface area (Å²) in [5.74, 6) is 0.616. The number of nitrogens with zero attached hydrogens (tertiary/aromatic N) is 7. The number of aromatic nitrogens is 6. The predicted octanol–water partition coefficient (Wildman–Crippen LogP) is 2.99. The molecule has 0 amide bonds. The van der Waals surface area contributed by atoms with Gasteiger partial charge in [-0.15, -0.1) is 10.2 Å². The fourth-order valence-electron chi connectivity index (χ4n) is 4.79. The van der Waals surface area contributed by atoms with E-state index >= 15 is 0 Å². The van der Waals surface area contributed by atoms with Crippen LogP contribution in [0.25, 0.3) is 27.7 Å². The Bertz CT molecular complexity index is 1440. The van der Waals surface area contributed by atoms with Crippen LogP contribution < -0.4 is 10.1 Å². The van der Waals surface area contributed by atoms with Gasteiger partial charge < -0.3 is 14.8 Å². The smallest absolute Gasteiger partial charge is 0.408 e. The highest BCUT2D eigenvalue weighted by molar-refractivity contribution is 5.89. The Morgan fingerprint density at radius 2 is 2.03 bits per heavy atom. The third kappa shape index (κ3) is 4.32. The molecule has 0 aliphatic carbocycles. The minimum absolute atomic E-state index is 0.0931. The van der Waals surface area contributed by atoms with Crippen molar-refractivity contribution in [1.29, 1.82) is 0 Å². The molecule has 0 saturated carbocycles. The van der Waals surface area contributed by atoms with E-state index in [0.29, 0.717) is 34.2 Å². The first-order valence-corrected chi connectivity index (χ1v) is 11.7. The zero-order valence-electron chi connectivity index (χ0n) is 20.5. The molecule has 190 valence electrons. The van der Waals surface area contributed by atoms with Crippen molar-refractivity contribution in [3.8, 4) is 17.0 Å². The summed E-state index contributed by atoms with van der Waals surface area (Å²) in [5, 5.41) is 15.4. The quantitative estimate of drug-likeness (QED) is 0.429. The van der Waals surface area contributed by atoms with E-state index in [4.69, 9.17) is 10.8 Å². The van der Waals surface area contributed by atoms with E-state index in [2.05, 4.69) is 30.6 Å². The van der Waals surface area contributed by atoms with Crippen LogP contribution in [0.1, 0.15) is 14.2 Å². The SMILES string of the molecule is [2H]c1cc(-c2ccc3nnn(CC(F)(F)F)c3c2)c2c(OC)nc(NC3CCN(C4COC4)CC3)nn12. The van der Waals surface area contributed by atoms with Crippen LogP contribution in [0.15, 0.2) is 30.4 Å². The normalized spacial score (nSPS) is 18.5. The maximum Gasteiger partial charge on any atom is 0.408 e. The predicted molar refractivity (Wildman–Crippen MR) is 125 cm³/mol. The Hall–Kier alpha value is -3.45. The molecule has 0 spiro atoms. The van der Waals surface area contributed by atoms with Gasteiger partial charge in [-0.2, -0.15) is 18.2 Å². The zero-order chi connectivity index (χ0) is 25.7. The molecule has 0 atom stereocenters. The van der Waals surface area contributed by atoms with E-state index in [1.807, 2.05) is 0 Å². The van der Waals surface area contributed by atoms with E-state index in [1.165, 1.54) is 11.6 Å². The number of piperidine rings is 1. The maximum absolute atomic E-state index is 13.0. The molecule has 10 nitrogen and oxygen atoms in total. The van der Waals surface area contributed by atoms with E-state index in [0.717, 1.165) is 43.8 Å². The minimum atomic E-state index is -4.43. The van der Waals surface area contributed by atoms with Gasteiger partial charge in [0.1, 0.15) is 17.6 Å². The Balaban J connectivity index is 1.30. The number of halogens is 3. The number of hydrogen-bond acceptors (Lipinski definition) is 8. The van der Waals surface area contributed by atoms with Crippen molar-refractivity contribution in [2.45, 2.75) is 37.6 Å². The van der Waals surface area contributed by atoms with Gasteiger partial charge >= 0.3 is 6.18 Å². The molecule has 13 heteroatoms. The van der Waals surface area contributed by atoms with Gasteiger partial charge in [0.25, 0.3) is 0 Å². The van der Waals surface area contributed by atoms with Crippen molar-refractivity contribution in [2.24, 2.45) is 0 Å². The second-order valence-electron chi connectivity index (χ2n) is 9.10. The number of ether oxygens (including phenoxy) is 2. The van der Waals surface area contributed by atoms with Crippen LogP contribution in [-0.2, 0) is 11.3 Å². The third-order valence-corrected chi connectivity index (χ3v) is 6.75. The molecule has 0 bridgehead atoms. The molecule has 36 heavy (non-hydrogen) atoms. The number of fused-ring (bicyclic) bond motifs is 2. The fourth-order valence-corrected chi connectivity index (χ4v) is 4.79. The van der Waals surface area contributed by atoms with Crippen molar-refractivity contribution >= 4 is 22.5 Å². The lowest BCUT2D eigenvalue weighted by atomic mass is 10.0. The Kier molecular flexibility index (Phi) is 5.38. The van der Waals surface area contributed by atoms with Crippen LogP contribution in [0.2, 0.25) is 0 Å². The summed E-state index contributed by atoms with van der Waals surface area (Å²) in [6, 6.07) is 7.18. The number of likely N-dealkylation sites (tertiary alicyclic amines) is 1. The number of alkyl halides is 3. The highest BCUT2D eigenvalue weighted by atomic mass is 19.4. The molecule has 0 unspecified atom stereocenters. The summed E-state index contributed by atoms with van der Waals surface area (Å²) >= 11 is 0. The Morgan fingerprint density at radius 1 is 1.22 bits per heavy atom. The molecule has 0 radical (unpaired) electrons. The third-order valence-electron chi connectivity index (χ3n) is 6.75. The van der Waals surface area contributed by atoms with Crippen LogP contribution in [-0.4, -0.2) is 86.2 Å². The summed E-state index contributed by atoms with van der Waals surface area (Å²) in [4.78, 5) is 7.00. The highest BCUT2D eigenvalue weighted by Crippen LogP contribution is 2.33. The molecule has 2 aliphatic heterocycles. The topological polar surface area (TPSA) is 94.6 Å². The number of hydrogen-bond donors (Lipinski definition) is 1. The van der Waals surface area contributed by atoms with Crippen molar-refractivity contribution in [1.82, 2.24) is 34.5 Å². The molecule has 1 aromatic carbocycles. The van der Waals surface area contributed by atoms with Gasteiger partial charge in [-0.1, -0.05) is 11.3 Å². The van der Waals surface area contributed by atoms with Crippen molar-refractivity contribution < 1.29 is 24.0 Å². The van der Waals surface area contributed by atoms with Crippen molar-refractivity contribution in [3.05, 3.63) is 30.4 Å². The van der Waals surface area contributed by atoms with Gasteiger partial charge in [-0.25, -0.2) is 9.20 Å². The van der Waals surface area contributed by atoms with Crippen LogP contribution in [0.3, 0.4) is 0 Å². The van der Waals surface area contributed by atoms with Gasteiger partial charge in [0.2, 0.25) is 11.8 Å². The molecular weight excluding hydrogens is 477 g/mol. The summed E-state index contributed by atoms with van der Waals surface area (Å²) < 4.78 is 60.6. The average Bonchev–Trinajstić information content (AvgIpc) is 3.38. The average molecular weight is 504 g/mol. The molecule has 6 rings (SSSR count). The highest BCUT2D eigenvalue weighted by Gasteiger charge is 2.31. The monoisotopic (exact) mass is 503 g/mol. The fraction of sp³-hybridized carbons (Fsp3) is 0.478. The first-order chi connectivity index (χ1) is 17.8. The standard InChI is InChI=1S/C23H25F3N8O2/c1-35-21-20-17(14-2-3-18-19(10-14)34(31-29-18)13-23(24,25)26)6-9-33(20)30-22(28-21)27-15-4-7-32(8-5-15)16-11-36-12-16/h2-3,6,9-10,15-16H,4-5,7-8,11-13H2,1H3,(H,27,30)/i9D. The van der Waals surface area contributed by atoms with Crippen LogP contribution in [0, 0.1) is 0 Å². The molecule has 2 fully saturated rings. The molecule has 3 aromatic heterocycles. The lowest BCUT2D eigenvalue weighted by Crippen LogP contribution is -2.53. The van der Waals surface area contributed by atoms with E-state index < -0.39 is 12.7 Å². The van der Waals surface area contributed by atoms with Gasteiger partial charge in [0, 0.05) is 30.9 Å². The lowest BCUT2D eigenvalue weighted by Gasteiger charge is -2.41. The second kappa shape index (κ2) is 8.89. The van der Waals surface area contributed by atoms with Gasteiger partial charge in [0.05, 0.1) is 33.3 Å². The number of anilines is 1. The first-order valence-electron chi connectivity index (χ1n) is 12.2. The van der Waals surface area contributed by atoms with Crippen LogP contribution in [0.4, 0.5) is 19.1 Å². The van der Waals surface area contributed by atoms with E-state index in [1.54, 1.807) is 24.3 Å². The molecule has 2 saturated heterocycles. The molecule has 2 aliphatic rings.